The second-order valence-electron chi connectivity index (χ2n) is 7.33. The van der Waals surface area contributed by atoms with E-state index in [1.807, 2.05) is 4.90 Å². The summed E-state index contributed by atoms with van der Waals surface area (Å²) >= 11 is 5.88. The Morgan fingerprint density at radius 2 is 1.73 bits per heavy atom. The zero-order chi connectivity index (χ0) is 19.1. The van der Waals surface area contributed by atoms with Crippen LogP contribution in [0.4, 0.5) is 0 Å². The van der Waals surface area contributed by atoms with Gasteiger partial charge >= 0.3 is 0 Å². The van der Waals surface area contributed by atoms with Gasteiger partial charge in [-0.3, -0.25) is 14.5 Å². The molecule has 0 aromatic heterocycles. The fraction of sp³-hybridized carbons (Fsp3) is 0.600. The van der Waals surface area contributed by atoms with E-state index in [-0.39, 0.29) is 11.8 Å². The van der Waals surface area contributed by atoms with Crippen molar-refractivity contribution in [3.05, 3.63) is 34.9 Å². The maximum Gasteiger partial charge on any atom is 0.251 e. The van der Waals surface area contributed by atoms with E-state index < -0.39 is 6.04 Å². The van der Waals surface area contributed by atoms with Crippen molar-refractivity contribution < 1.29 is 9.59 Å². The Kier molecular flexibility index (Phi) is 7.91. The lowest BCUT2D eigenvalue weighted by molar-refractivity contribution is -0.135. The molecule has 5 nitrogen and oxygen atoms in total. The first-order chi connectivity index (χ1) is 12.4. The number of nitrogens with one attached hydrogen (secondary N) is 1. The Labute approximate surface area is 161 Å². The summed E-state index contributed by atoms with van der Waals surface area (Å²) in [5.74, 6) is 0.110. The van der Waals surface area contributed by atoms with E-state index in [0.29, 0.717) is 22.9 Å². The molecule has 1 aromatic rings. The molecule has 1 fully saturated rings. The highest BCUT2D eigenvalue weighted by Crippen LogP contribution is 2.13. The molecule has 2 rings (SSSR count). The van der Waals surface area contributed by atoms with Gasteiger partial charge in [0.15, 0.2) is 0 Å². The average Bonchev–Trinajstić information content (AvgIpc) is 2.61. The van der Waals surface area contributed by atoms with Gasteiger partial charge in [-0.05, 0) is 49.6 Å². The number of nitrogens with zero attached hydrogens (tertiary/aromatic N) is 2. The lowest BCUT2D eigenvalue weighted by Gasteiger charge is -2.36. The smallest absolute Gasteiger partial charge is 0.251 e. The maximum absolute atomic E-state index is 13.0. The van der Waals surface area contributed by atoms with Crippen LogP contribution in [-0.4, -0.2) is 60.4 Å². The molecule has 2 amide bonds. The second-order valence-corrected chi connectivity index (χ2v) is 7.77. The number of benzene rings is 1. The molecule has 0 radical (unpaired) electrons. The minimum absolute atomic E-state index is 0.0251. The van der Waals surface area contributed by atoms with Crippen LogP contribution in [0.25, 0.3) is 0 Å². The number of hydrogen-bond donors (Lipinski definition) is 1. The van der Waals surface area contributed by atoms with Crippen LogP contribution in [0.5, 0.6) is 0 Å². The van der Waals surface area contributed by atoms with Crippen molar-refractivity contribution in [1.29, 1.82) is 0 Å². The molecule has 144 valence electrons. The Bertz CT molecular complexity index is 596. The molecule has 6 heteroatoms. The minimum atomic E-state index is -0.490. The first-order valence-corrected chi connectivity index (χ1v) is 9.86. The zero-order valence-electron chi connectivity index (χ0n) is 16.0. The van der Waals surface area contributed by atoms with Gasteiger partial charge in [0.05, 0.1) is 0 Å². The van der Waals surface area contributed by atoms with Crippen LogP contribution < -0.4 is 5.32 Å². The molecule has 0 bridgehead atoms. The lowest BCUT2D eigenvalue weighted by Crippen LogP contribution is -2.55. The van der Waals surface area contributed by atoms with Gasteiger partial charge in [0.2, 0.25) is 5.91 Å². The van der Waals surface area contributed by atoms with Crippen LogP contribution in [-0.2, 0) is 4.79 Å². The van der Waals surface area contributed by atoms with Crippen LogP contribution in [0.15, 0.2) is 24.3 Å². The van der Waals surface area contributed by atoms with E-state index in [4.69, 9.17) is 11.6 Å². The normalized spacial score (nSPS) is 16.6. The summed E-state index contributed by atoms with van der Waals surface area (Å²) in [4.78, 5) is 29.8. The molecule has 1 heterocycles. The van der Waals surface area contributed by atoms with Crippen molar-refractivity contribution in [2.75, 3.05) is 32.7 Å². The molecule has 1 aliphatic heterocycles. The highest BCUT2D eigenvalue weighted by atomic mass is 35.5. The van der Waals surface area contributed by atoms with E-state index in [2.05, 4.69) is 31.0 Å². The number of hydrogen-bond acceptors (Lipinski definition) is 3. The highest BCUT2D eigenvalue weighted by molar-refractivity contribution is 6.30. The summed E-state index contributed by atoms with van der Waals surface area (Å²) < 4.78 is 0. The molecule has 1 aromatic carbocycles. The van der Waals surface area contributed by atoms with Crippen molar-refractivity contribution in [3.8, 4) is 0 Å². The van der Waals surface area contributed by atoms with Gasteiger partial charge in [0.25, 0.3) is 5.91 Å². The van der Waals surface area contributed by atoms with Crippen LogP contribution in [0.2, 0.25) is 5.02 Å². The van der Waals surface area contributed by atoms with Crippen molar-refractivity contribution in [2.24, 2.45) is 5.92 Å². The Morgan fingerprint density at radius 3 is 2.27 bits per heavy atom. The van der Waals surface area contributed by atoms with Gasteiger partial charge in [-0.1, -0.05) is 32.4 Å². The SMILES string of the molecule is CCCN1CCN(C(=O)[C@@H](CC(C)C)NC(=O)c2ccc(Cl)cc2)CC1. The molecule has 1 N–H and O–H groups in total. The molecular weight excluding hydrogens is 350 g/mol. The summed E-state index contributed by atoms with van der Waals surface area (Å²) in [5, 5.41) is 3.52. The predicted octanol–water partition coefficient (Wildman–Crippen LogP) is 3.04. The van der Waals surface area contributed by atoms with E-state index in [9.17, 15) is 9.59 Å². The summed E-state index contributed by atoms with van der Waals surface area (Å²) in [6.45, 7) is 10.6. The molecule has 1 atom stereocenters. The van der Waals surface area contributed by atoms with Gasteiger partial charge in [0, 0.05) is 36.8 Å². The van der Waals surface area contributed by atoms with Crippen molar-refractivity contribution in [2.45, 2.75) is 39.7 Å². The maximum atomic E-state index is 13.0. The van der Waals surface area contributed by atoms with E-state index >= 15 is 0 Å². The third kappa shape index (κ3) is 5.99. The monoisotopic (exact) mass is 379 g/mol. The molecule has 26 heavy (non-hydrogen) atoms. The summed E-state index contributed by atoms with van der Waals surface area (Å²) in [7, 11) is 0. The third-order valence-corrected chi connectivity index (χ3v) is 4.89. The standard InChI is InChI=1S/C20H30ClN3O2/c1-4-9-23-10-12-24(13-11-23)20(26)18(14-15(2)3)22-19(25)16-5-7-17(21)8-6-16/h5-8,15,18H,4,9-14H2,1-3H3,(H,22,25)/t18-/m1/s1. The highest BCUT2D eigenvalue weighted by Gasteiger charge is 2.29. The fourth-order valence-electron chi connectivity index (χ4n) is 3.26. The van der Waals surface area contributed by atoms with Crippen LogP contribution in [0, 0.1) is 5.92 Å². The number of amides is 2. The number of halogens is 1. The van der Waals surface area contributed by atoms with Gasteiger partial charge in [-0.15, -0.1) is 0 Å². The fourth-order valence-corrected chi connectivity index (χ4v) is 3.39. The zero-order valence-corrected chi connectivity index (χ0v) is 16.8. The molecule has 0 unspecified atom stereocenters. The topological polar surface area (TPSA) is 52.6 Å². The van der Waals surface area contributed by atoms with Crippen LogP contribution >= 0.6 is 11.6 Å². The van der Waals surface area contributed by atoms with Gasteiger partial charge in [-0.2, -0.15) is 0 Å². The number of carbonyl (C=O) groups is 2. The van der Waals surface area contributed by atoms with E-state index in [0.717, 1.165) is 39.1 Å². The number of carbonyl (C=O) groups excluding carboxylic acids is 2. The van der Waals surface area contributed by atoms with E-state index in [1.54, 1.807) is 24.3 Å². The first-order valence-electron chi connectivity index (χ1n) is 9.48. The largest absolute Gasteiger partial charge is 0.340 e. The van der Waals surface area contributed by atoms with Crippen molar-refractivity contribution in [1.82, 2.24) is 15.1 Å². The summed E-state index contributed by atoms with van der Waals surface area (Å²) in [6.07, 6.45) is 1.76. The lowest BCUT2D eigenvalue weighted by atomic mass is 10.0. The molecule has 0 aliphatic carbocycles. The van der Waals surface area contributed by atoms with Crippen molar-refractivity contribution in [3.63, 3.8) is 0 Å². The molecule has 0 spiro atoms. The van der Waals surface area contributed by atoms with Crippen molar-refractivity contribution >= 4 is 23.4 Å². The number of piperazine rings is 1. The quantitative estimate of drug-likeness (QED) is 0.792. The Balaban J connectivity index is 2.00. The molecule has 1 aliphatic rings. The Hall–Kier alpha value is -1.59. The third-order valence-electron chi connectivity index (χ3n) is 4.64. The summed E-state index contributed by atoms with van der Waals surface area (Å²) in [5.41, 5.74) is 0.517. The Morgan fingerprint density at radius 1 is 1.12 bits per heavy atom. The molecular formula is C20H30ClN3O2. The van der Waals surface area contributed by atoms with Crippen LogP contribution in [0.1, 0.15) is 44.0 Å². The predicted molar refractivity (Wildman–Crippen MR) is 105 cm³/mol. The first kappa shape index (κ1) is 20.7. The summed E-state index contributed by atoms with van der Waals surface area (Å²) in [6, 6.07) is 6.23. The van der Waals surface area contributed by atoms with Crippen LogP contribution in [0.3, 0.4) is 0 Å². The second kappa shape index (κ2) is 9.93. The van der Waals surface area contributed by atoms with Gasteiger partial charge in [-0.25, -0.2) is 0 Å². The number of rotatable bonds is 7. The van der Waals surface area contributed by atoms with Gasteiger partial charge < -0.3 is 10.2 Å². The molecule has 1 saturated heterocycles. The molecule has 0 saturated carbocycles. The average molecular weight is 380 g/mol. The van der Waals surface area contributed by atoms with Gasteiger partial charge in [0.1, 0.15) is 6.04 Å². The van der Waals surface area contributed by atoms with E-state index in [1.165, 1.54) is 0 Å². The minimum Gasteiger partial charge on any atom is -0.340 e.